The molecule has 0 saturated carbocycles. The number of halogens is 5. The number of nitrogens with zero attached hydrogens (tertiary/aromatic N) is 1. The Bertz CT molecular complexity index is 954. The zero-order valence-electron chi connectivity index (χ0n) is 12.8. The first-order valence-corrected chi connectivity index (χ1v) is 9.03. The first kappa shape index (κ1) is 18.8. The highest BCUT2D eigenvalue weighted by atomic mass is 127. The number of rotatable bonds is 3. The molecule has 0 unspecified atom stereocenters. The fourth-order valence-electron chi connectivity index (χ4n) is 2.13. The number of carbonyl (C=O) groups is 1. The maximum Gasteiger partial charge on any atom is 0.419 e. The van der Waals surface area contributed by atoms with Gasteiger partial charge in [-0.2, -0.15) is 13.2 Å². The molecule has 3 aromatic rings. The smallest absolute Gasteiger partial charge is 0.298 e. The lowest BCUT2D eigenvalue weighted by Crippen LogP contribution is -2.11. The van der Waals surface area contributed by atoms with Crippen molar-refractivity contribution in [1.82, 2.24) is 4.98 Å². The highest BCUT2D eigenvalue weighted by Crippen LogP contribution is 2.36. The van der Waals surface area contributed by atoms with Crippen LogP contribution in [0.25, 0.3) is 10.4 Å². The molecule has 0 bridgehead atoms. The van der Waals surface area contributed by atoms with Crippen LogP contribution in [0, 0.1) is 9.39 Å². The number of benzene rings is 2. The molecule has 2 aromatic carbocycles. The summed E-state index contributed by atoms with van der Waals surface area (Å²) in [5.74, 6) is -1.71. The monoisotopic (exact) mass is 492 g/mol. The van der Waals surface area contributed by atoms with Gasteiger partial charge in [0.2, 0.25) is 0 Å². The van der Waals surface area contributed by atoms with Crippen LogP contribution in [-0.4, -0.2) is 10.9 Å². The molecular weight excluding hydrogens is 483 g/mol. The largest absolute Gasteiger partial charge is 0.419 e. The minimum atomic E-state index is -4.79. The van der Waals surface area contributed by atoms with Crippen LogP contribution < -0.4 is 5.32 Å². The van der Waals surface area contributed by atoms with Crippen LogP contribution in [0.2, 0.25) is 0 Å². The van der Waals surface area contributed by atoms with Crippen molar-refractivity contribution in [1.29, 1.82) is 0 Å². The first-order valence-electron chi connectivity index (χ1n) is 7.14. The molecule has 1 N–H and O–H groups in total. The van der Waals surface area contributed by atoms with Crippen LogP contribution in [0.4, 0.5) is 22.7 Å². The Kier molecular flexibility index (Phi) is 5.28. The molecule has 134 valence electrons. The maximum atomic E-state index is 13.4. The van der Waals surface area contributed by atoms with E-state index in [9.17, 15) is 22.4 Å². The highest BCUT2D eigenvalue weighted by Gasteiger charge is 2.34. The van der Waals surface area contributed by atoms with Crippen LogP contribution in [0.3, 0.4) is 0 Å². The van der Waals surface area contributed by atoms with Crippen molar-refractivity contribution in [3.63, 3.8) is 0 Å². The second-order valence-electron chi connectivity index (χ2n) is 5.18. The lowest BCUT2D eigenvalue weighted by molar-refractivity contribution is -0.139. The molecule has 3 rings (SSSR count). The van der Waals surface area contributed by atoms with E-state index in [1.54, 1.807) is 24.3 Å². The number of aromatic nitrogens is 1. The average molecular weight is 492 g/mol. The quantitative estimate of drug-likeness (QED) is 0.370. The molecule has 0 radical (unpaired) electrons. The fourth-order valence-corrected chi connectivity index (χ4v) is 3.30. The van der Waals surface area contributed by atoms with E-state index in [1.165, 1.54) is 12.3 Å². The maximum absolute atomic E-state index is 13.4. The minimum Gasteiger partial charge on any atom is -0.298 e. The summed E-state index contributed by atoms with van der Waals surface area (Å²) in [6.45, 7) is 0. The number of alkyl halides is 3. The SMILES string of the molecule is O=C(Nc1ncc(-c2ccc(F)c(C(F)(F)F)c2)s1)c1ccc(I)cc1. The lowest BCUT2D eigenvalue weighted by atomic mass is 10.1. The van der Waals surface area contributed by atoms with E-state index >= 15 is 0 Å². The lowest BCUT2D eigenvalue weighted by Gasteiger charge is -2.09. The summed E-state index contributed by atoms with van der Waals surface area (Å²) in [5.41, 5.74) is -0.734. The van der Waals surface area contributed by atoms with Gasteiger partial charge in [0.15, 0.2) is 5.13 Å². The summed E-state index contributed by atoms with van der Waals surface area (Å²) in [6.07, 6.45) is -3.45. The molecule has 0 spiro atoms. The van der Waals surface area contributed by atoms with Gasteiger partial charge < -0.3 is 0 Å². The standard InChI is InChI=1S/C17H9F4IN2OS/c18-13-6-3-10(7-12(13)17(19,20)21)14-8-23-16(26-14)24-15(25)9-1-4-11(22)5-2-9/h1-8H,(H,23,24,25). The summed E-state index contributed by atoms with van der Waals surface area (Å²) in [6, 6.07) is 9.60. The van der Waals surface area contributed by atoms with E-state index < -0.39 is 17.6 Å². The normalized spacial score (nSPS) is 11.4. The Morgan fingerprint density at radius 1 is 1.12 bits per heavy atom. The highest BCUT2D eigenvalue weighted by molar-refractivity contribution is 14.1. The van der Waals surface area contributed by atoms with Gasteiger partial charge in [-0.15, -0.1) is 0 Å². The molecule has 3 nitrogen and oxygen atoms in total. The van der Waals surface area contributed by atoms with Crippen molar-refractivity contribution in [2.45, 2.75) is 6.18 Å². The van der Waals surface area contributed by atoms with Gasteiger partial charge in [-0.25, -0.2) is 9.37 Å². The Morgan fingerprint density at radius 2 is 1.81 bits per heavy atom. The van der Waals surface area contributed by atoms with Crippen molar-refractivity contribution >= 4 is 45.0 Å². The second-order valence-corrected chi connectivity index (χ2v) is 7.46. The van der Waals surface area contributed by atoms with E-state index in [1.807, 2.05) is 0 Å². The molecular formula is C17H9F4IN2OS. The Hall–Kier alpha value is -2.01. The van der Waals surface area contributed by atoms with Gasteiger partial charge >= 0.3 is 6.18 Å². The second kappa shape index (κ2) is 7.31. The molecule has 0 atom stereocenters. The Labute approximate surface area is 163 Å². The van der Waals surface area contributed by atoms with Crippen molar-refractivity contribution in [2.75, 3.05) is 5.32 Å². The third-order valence-corrected chi connectivity index (χ3v) is 5.07. The number of anilines is 1. The predicted octanol–water partition coefficient (Wildman–Crippen LogP) is 5.82. The van der Waals surface area contributed by atoms with Crippen LogP contribution in [0.15, 0.2) is 48.7 Å². The number of amides is 1. The Morgan fingerprint density at radius 3 is 2.46 bits per heavy atom. The molecule has 1 amide bonds. The van der Waals surface area contributed by atoms with Crippen molar-refractivity contribution < 1.29 is 22.4 Å². The Balaban J connectivity index is 1.82. The van der Waals surface area contributed by atoms with Crippen LogP contribution in [0.5, 0.6) is 0 Å². The van der Waals surface area contributed by atoms with Crippen LogP contribution in [-0.2, 0) is 6.18 Å². The zero-order valence-corrected chi connectivity index (χ0v) is 15.7. The number of nitrogens with one attached hydrogen (secondary N) is 1. The van der Waals surface area contributed by atoms with E-state index in [0.29, 0.717) is 10.4 Å². The molecule has 26 heavy (non-hydrogen) atoms. The average Bonchev–Trinajstić information content (AvgIpc) is 3.03. The molecule has 0 aliphatic heterocycles. The minimum absolute atomic E-state index is 0.172. The van der Waals surface area contributed by atoms with E-state index in [-0.39, 0.29) is 16.6 Å². The third kappa shape index (κ3) is 4.21. The van der Waals surface area contributed by atoms with Gasteiger partial charge in [-0.1, -0.05) is 17.4 Å². The first-order chi connectivity index (χ1) is 12.2. The summed E-state index contributed by atoms with van der Waals surface area (Å²) in [7, 11) is 0. The zero-order chi connectivity index (χ0) is 18.9. The molecule has 9 heteroatoms. The number of hydrogen-bond donors (Lipinski definition) is 1. The topological polar surface area (TPSA) is 42.0 Å². The van der Waals surface area contributed by atoms with Gasteiger partial charge in [0.05, 0.1) is 10.4 Å². The van der Waals surface area contributed by atoms with Crippen LogP contribution >= 0.6 is 33.9 Å². The summed E-state index contributed by atoms with van der Waals surface area (Å²) < 4.78 is 52.8. The van der Waals surface area contributed by atoms with Gasteiger partial charge in [0.25, 0.3) is 5.91 Å². The molecule has 0 saturated heterocycles. The van der Waals surface area contributed by atoms with Gasteiger partial charge in [-0.05, 0) is 64.6 Å². The predicted molar refractivity (Wildman–Crippen MR) is 99.6 cm³/mol. The molecule has 0 aliphatic carbocycles. The number of carbonyl (C=O) groups excluding carboxylic acids is 1. The van der Waals surface area contributed by atoms with Gasteiger partial charge in [0, 0.05) is 15.3 Å². The van der Waals surface area contributed by atoms with Crippen molar-refractivity contribution in [2.24, 2.45) is 0 Å². The number of thiazole rings is 1. The van der Waals surface area contributed by atoms with E-state index in [2.05, 4.69) is 32.9 Å². The van der Waals surface area contributed by atoms with Crippen molar-refractivity contribution in [3.05, 3.63) is 69.2 Å². The summed E-state index contributed by atoms with van der Waals surface area (Å²) in [5, 5.41) is 2.83. The summed E-state index contributed by atoms with van der Waals surface area (Å²) in [4.78, 5) is 16.5. The molecule has 1 aromatic heterocycles. The van der Waals surface area contributed by atoms with Crippen molar-refractivity contribution in [3.8, 4) is 10.4 Å². The molecule has 0 fully saturated rings. The van der Waals surface area contributed by atoms with Gasteiger partial charge in [-0.3, -0.25) is 10.1 Å². The molecule has 0 aliphatic rings. The van der Waals surface area contributed by atoms with E-state index in [0.717, 1.165) is 27.0 Å². The summed E-state index contributed by atoms with van der Waals surface area (Å²) >= 11 is 3.12. The third-order valence-electron chi connectivity index (χ3n) is 3.39. The van der Waals surface area contributed by atoms with Crippen LogP contribution in [0.1, 0.15) is 15.9 Å². The van der Waals surface area contributed by atoms with E-state index in [4.69, 9.17) is 0 Å². The number of hydrogen-bond acceptors (Lipinski definition) is 3. The van der Waals surface area contributed by atoms with Gasteiger partial charge in [0.1, 0.15) is 5.82 Å². The molecule has 1 heterocycles. The fraction of sp³-hybridized carbons (Fsp3) is 0.0588.